The van der Waals surface area contributed by atoms with Gasteiger partial charge in [-0.15, -0.1) is 0 Å². The first-order valence-corrected chi connectivity index (χ1v) is 5.97. The Kier molecular flexibility index (Phi) is 2.87. The smallest absolute Gasteiger partial charge is 0.293 e. The first-order valence-electron chi connectivity index (χ1n) is 5.97. The molecule has 2 aromatic heterocycles. The molecule has 0 amide bonds. The monoisotopic (exact) mass is 286 g/mol. The average Bonchev–Trinajstić information content (AvgIpc) is 2.83. The van der Waals surface area contributed by atoms with Gasteiger partial charge in [-0.3, -0.25) is 19.6 Å². The number of anilines is 2. The van der Waals surface area contributed by atoms with E-state index in [2.05, 4.69) is 20.4 Å². The van der Waals surface area contributed by atoms with E-state index in [1.54, 1.807) is 24.0 Å². The lowest BCUT2D eigenvalue weighted by atomic mass is 10.2. The number of nitro benzene ring substituents is 1. The highest BCUT2D eigenvalue weighted by Crippen LogP contribution is 2.29. The van der Waals surface area contributed by atoms with Gasteiger partial charge in [0.1, 0.15) is 5.69 Å². The van der Waals surface area contributed by atoms with E-state index in [4.69, 9.17) is 0 Å². The SMILES string of the molecule is Cn1ccc(Nc2cc3nc[nH]c(=O)c3cc2[N+](=O)[O-])n1. The lowest BCUT2D eigenvalue weighted by molar-refractivity contribution is -0.383. The van der Waals surface area contributed by atoms with E-state index in [-0.39, 0.29) is 16.8 Å². The van der Waals surface area contributed by atoms with E-state index < -0.39 is 10.5 Å². The molecule has 9 heteroatoms. The molecule has 2 heterocycles. The Morgan fingerprint density at radius 1 is 1.43 bits per heavy atom. The summed E-state index contributed by atoms with van der Waals surface area (Å²) in [4.78, 5) is 28.7. The van der Waals surface area contributed by atoms with Crippen LogP contribution in [0.25, 0.3) is 10.9 Å². The van der Waals surface area contributed by atoms with Crippen LogP contribution < -0.4 is 10.9 Å². The minimum atomic E-state index is -0.558. The summed E-state index contributed by atoms with van der Waals surface area (Å²) in [7, 11) is 1.74. The van der Waals surface area contributed by atoms with Gasteiger partial charge >= 0.3 is 0 Å². The Balaban J connectivity index is 2.18. The van der Waals surface area contributed by atoms with E-state index >= 15 is 0 Å². The van der Waals surface area contributed by atoms with Crippen molar-refractivity contribution in [2.45, 2.75) is 0 Å². The van der Waals surface area contributed by atoms with Crippen LogP contribution in [0.2, 0.25) is 0 Å². The van der Waals surface area contributed by atoms with Gasteiger partial charge in [-0.25, -0.2) is 4.98 Å². The third kappa shape index (κ3) is 2.31. The Labute approximate surface area is 117 Å². The van der Waals surface area contributed by atoms with Crippen molar-refractivity contribution in [2.75, 3.05) is 5.32 Å². The highest BCUT2D eigenvalue weighted by Gasteiger charge is 2.17. The normalized spacial score (nSPS) is 10.7. The Morgan fingerprint density at radius 2 is 2.24 bits per heavy atom. The molecular formula is C12H10N6O3. The maximum Gasteiger partial charge on any atom is 0.293 e. The predicted molar refractivity (Wildman–Crippen MR) is 75.5 cm³/mol. The van der Waals surface area contributed by atoms with Gasteiger partial charge in [-0.1, -0.05) is 0 Å². The van der Waals surface area contributed by atoms with Crippen molar-refractivity contribution in [3.63, 3.8) is 0 Å². The summed E-state index contributed by atoms with van der Waals surface area (Å²) < 4.78 is 1.57. The number of aromatic amines is 1. The van der Waals surface area contributed by atoms with Gasteiger partial charge in [-0.2, -0.15) is 5.10 Å². The van der Waals surface area contributed by atoms with Crippen LogP contribution in [-0.4, -0.2) is 24.7 Å². The highest BCUT2D eigenvalue weighted by atomic mass is 16.6. The van der Waals surface area contributed by atoms with Gasteiger partial charge in [0.2, 0.25) is 0 Å². The number of fused-ring (bicyclic) bond motifs is 1. The second-order valence-electron chi connectivity index (χ2n) is 4.37. The average molecular weight is 286 g/mol. The molecule has 9 nitrogen and oxygen atoms in total. The molecule has 1 aromatic carbocycles. The summed E-state index contributed by atoms with van der Waals surface area (Å²) >= 11 is 0. The maximum absolute atomic E-state index is 11.7. The molecule has 0 saturated carbocycles. The molecular weight excluding hydrogens is 276 g/mol. The number of nitrogens with one attached hydrogen (secondary N) is 2. The van der Waals surface area contributed by atoms with Crippen molar-refractivity contribution in [3.05, 3.63) is 51.2 Å². The van der Waals surface area contributed by atoms with Gasteiger partial charge < -0.3 is 10.3 Å². The van der Waals surface area contributed by atoms with Gasteiger partial charge in [-0.05, 0) is 6.07 Å². The third-order valence-corrected chi connectivity index (χ3v) is 2.93. The number of H-pyrrole nitrogens is 1. The van der Waals surface area contributed by atoms with Crippen molar-refractivity contribution in [1.29, 1.82) is 0 Å². The van der Waals surface area contributed by atoms with Crippen molar-refractivity contribution >= 4 is 28.1 Å². The van der Waals surface area contributed by atoms with E-state index in [1.165, 1.54) is 18.5 Å². The van der Waals surface area contributed by atoms with E-state index in [0.717, 1.165) is 0 Å². The topological polar surface area (TPSA) is 119 Å². The summed E-state index contributed by atoms with van der Waals surface area (Å²) in [5.74, 6) is 0.463. The molecule has 0 radical (unpaired) electrons. The molecule has 0 aliphatic carbocycles. The van der Waals surface area contributed by atoms with Crippen molar-refractivity contribution < 1.29 is 4.92 Å². The van der Waals surface area contributed by atoms with Gasteiger partial charge in [0.05, 0.1) is 22.2 Å². The molecule has 0 aliphatic rings. The summed E-state index contributed by atoms with van der Waals surface area (Å²) in [5.41, 5.74) is -0.0498. The zero-order chi connectivity index (χ0) is 15.0. The van der Waals surface area contributed by atoms with Gasteiger partial charge in [0.25, 0.3) is 11.2 Å². The van der Waals surface area contributed by atoms with Crippen LogP contribution >= 0.6 is 0 Å². The Bertz CT molecular complexity index is 897. The second kappa shape index (κ2) is 4.71. The largest absolute Gasteiger partial charge is 0.333 e. The van der Waals surface area contributed by atoms with Crippen LogP contribution in [0.1, 0.15) is 0 Å². The number of hydrogen-bond acceptors (Lipinski definition) is 6. The lowest BCUT2D eigenvalue weighted by Gasteiger charge is -2.05. The highest BCUT2D eigenvalue weighted by molar-refractivity contribution is 5.87. The fourth-order valence-corrected chi connectivity index (χ4v) is 1.97. The van der Waals surface area contributed by atoms with Crippen LogP contribution in [0.4, 0.5) is 17.2 Å². The minimum Gasteiger partial charge on any atom is -0.333 e. The number of aryl methyl sites for hydroxylation is 1. The molecule has 3 aromatic rings. The van der Waals surface area contributed by atoms with E-state index in [1.807, 2.05) is 0 Å². The number of rotatable bonds is 3. The van der Waals surface area contributed by atoms with Crippen LogP contribution in [0.3, 0.4) is 0 Å². The number of aromatic nitrogens is 4. The summed E-state index contributed by atoms with van der Waals surface area (Å²) in [5, 5.41) is 18.3. The molecule has 0 saturated heterocycles. The molecule has 0 spiro atoms. The molecule has 0 unspecified atom stereocenters. The summed E-state index contributed by atoms with van der Waals surface area (Å²) in [6.45, 7) is 0. The quantitative estimate of drug-likeness (QED) is 0.553. The predicted octanol–water partition coefficient (Wildman–Crippen LogP) is 1.31. The van der Waals surface area contributed by atoms with E-state index in [0.29, 0.717) is 11.3 Å². The number of nitrogens with zero attached hydrogens (tertiary/aromatic N) is 4. The first kappa shape index (κ1) is 12.8. The molecule has 21 heavy (non-hydrogen) atoms. The summed E-state index contributed by atoms with van der Waals surface area (Å²) in [6.07, 6.45) is 2.96. The van der Waals surface area contributed by atoms with Crippen molar-refractivity contribution in [1.82, 2.24) is 19.7 Å². The molecule has 106 valence electrons. The maximum atomic E-state index is 11.7. The zero-order valence-electron chi connectivity index (χ0n) is 10.9. The second-order valence-corrected chi connectivity index (χ2v) is 4.37. The fourth-order valence-electron chi connectivity index (χ4n) is 1.97. The third-order valence-electron chi connectivity index (χ3n) is 2.93. The molecule has 0 fully saturated rings. The molecule has 0 bridgehead atoms. The number of benzene rings is 1. The van der Waals surface area contributed by atoms with Gasteiger partial charge in [0.15, 0.2) is 5.82 Å². The van der Waals surface area contributed by atoms with E-state index in [9.17, 15) is 14.9 Å². The fraction of sp³-hybridized carbons (Fsp3) is 0.0833. The Hall–Kier alpha value is -3.23. The standard InChI is InChI=1S/C12H10N6O3/c1-17-3-2-11(16-17)15-9-5-8-7(4-10(9)18(20)21)12(19)14-6-13-8/h2-6H,1H3,(H,15,16)(H,13,14,19). The first-order chi connectivity index (χ1) is 10.0. The lowest BCUT2D eigenvalue weighted by Crippen LogP contribution is -2.08. The zero-order valence-corrected chi connectivity index (χ0v) is 10.9. The molecule has 2 N–H and O–H groups in total. The van der Waals surface area contributed by atoms with Gasteiger partial charge in [0, 0.05) is 25.4 Å². The van der Waals surface area contributed by atoms with Crippen molar-refractivity contribution in [2.24, 2.45) is 7.05 Å². The van der Waals surface area contributed by atoms with Crippen LogP contribution in [0, 0.1) is 10.1 Å². The summed E-state index contributed by atoms with van der Waals surface area (Å²) in [6, 6.07) is 4.34. The Morgan fingerprint density at radius 3 is 2.90 bits per heavy atom. The van der Waals surface area contributed by atoms with Crippen LogP contribution in [-0.2, 0) is 7.05 Å². The molecule has 0 aliphatic heterocycles. The minimum absolute atomic E-state index is 0.163. The van der Waals surface area contributed by atoms with Crippen LogP contribution in [0.15, 0.2) is 35.5 Å². The number of hydrogen-bond donors (Lipinski definition) is 2. The molecule has 3 rings (SSSR count). The molecule has 0 atom stereocenters. The van der Waals surface area contributed by atoms with Crippen molar-refractivity contribution in [3.8, 4) is 0 Å². The number of nitro groups is 1. The van der Waals surface area contributed by atoms with Crippen LogP contribution in [0.5, 0.6) is 0 Å².